The second-order valence-electron chi connectivity index (χ2n) is 3.46. The van der Waals surface area contributed by atoms with Gasteiger partial charge in [0.2, 0.25) is 0 Å². The van der Waals surface area contributed by atoms with Gasteiger partial charge in [-0.2, -0.15) is 0 Å². The summed E-state index contributed by atoms with van der Waals surface area (Å²) in [5.74, 6) is 0.464. The van der Waals surface area contributed by atoms with Crippen LogP contribution in [0.15, 0.2) is 10.7 Å². The lowest BCUT2D eigenvalue weighted by molar-refractivity contribution is 0.0938. The van der Waals surface area contributed by atoms with Crippen molar-refractivity contribution in [3.05, 3.63) is 17.5 Å². The fraction of sp³-hybridized carbons (Fsp3) is 0.556. The fourth-order valence-electron chi connectivity index (χ4n) is 1.56. The molecule has 1 aliphatic heterocycles. The van der Waals surface area contributed by atoms with Crippen LogP contribution >= 0.6 is 0 Å². The summed E-state index contributed by atoms with van der Waals surface area (Å²) in [6.07, 6.45) is 2.43. The summed E-state index contributed by atoms with van der Waals surface area (Å²) < 4.78 is 4.82. The molecule has 2 rings (SSSR count). The second kappa shape index (κ2) is 3.79. The molecular weight excluding hydrogens is 182 g/mol. The predicted octanol–water partition coefficient (Wildman–Crippen LogP) is 0.0747. The molecule has 0 unspecified atom stereocenters. The standard InChI is InChI=1S/C9H13N3O2/c1-6-8(5-11-14-6)9(13)12-7-2-3-10-4-7/h5,7,10H,2-4H2,1H3,(H,12,13)/t7-/m0/s1. The molecule has 0 radical (unpaired) electrons. The van der Waals surface area contributed by atoms with Crippen molar-refractivity contribution in [2.45, 2.75) is 19.4 Å². The van der Waals surface area contributed by atoms with E-state index in [1.165, 1.54) is 6.20 Å². The van der Waals surface area contributed by atoms with Crippen molar-refractivity contribution in [2.24, 2.45) is 0 Å². The van der Waals surface area contributed by atoms with Crippen molar-refractivity contribution < 1.29 is 9.32 Å². The Bertz CT molecular complexity index is 329. The number of rotatable bonds is 2. The van der Waals surface area contributed by atoms with Gasteiger partial charge >= 0.3 is 0 Å². The molecule has 1 amide bonds. The van der Waals surface area contributed by atoms with Gasteiger partial charge in [-0.15, -0.1) is 0 Å². The molecule has 76 valence electrons. The molecule has 1 aromatic heterocycles. The zero-order chi connectivity index (χ0) is 9.97. The van der Waals surface area contributed by atoms with Gasteiger partial charge in [0.05, 0.1) is 6.20 Å². The highest BCUT2D eigenvalue weighted by atomic mass is 16.5. The average molecular weight is 195 g/mol. The topological polar surface area (TPSA) is 67.2 Å². The lowest BCUT2D eigenvalue weighted by Gasteiger charge is -2.09. The summed E-state index contributed by atoms with van der Waals surface area (Å²) in [5.41, 5.74) is 0.525. The largest absolute Gasteiger partial charge is 0.361 e. The minimum absolute atomic E-state index is 0.0996. The number of hydrogen-bond acceptors (Lipinski definition) is 4. The maximum Gasteiger partial charge on any atom is 0.256 e. The molecule has 1 aromatic rings. The first-order valence-corrected chi connectivity index (χ1v) is 4.70. The van der Waals surface area contributed by atoms with Crippen LogP contribution in [0.25, 0.3) is 0 Å². The van der Waals surface area contributed by atoms with Gasteiger partial charge in [0.1, 0.15) is 11.3 Å². The zero-order valence-electron chi connectivity index (χ0n) is 8.04. The summed E-state index contributed by atoms with van der Waals surface area (Å²) in [5, 5.41) is 9.67. The Balaban J connectivity index is 1.98. The number of amides is 1. The molecule has 0 aliphatic carbocycles. The van der Waals surface area contributed by atoms with Crippen LogP contribution in [0.4, 0.5) is 0 Å². The Hall–Kier alpha value is -1.36. The summed E-state index contributed by atoms with van der Waals surface area (Å²) in [6.45, 7) is 3.54. The minimum atomic E-state index is -0.0996. The third kappa shape index (κ3) is 1.77. The first kappa shape index (κ1) is 9.21. The summed E-state index contributed by atoms with van der Waals surface area (Å²) >= 11 is 0. The highest BCUT2D eigenvalue weighted by Gasteiger charge is 2.19. The van der Waals surface area contributed by atoms with Crippen LogP contribution in [0, 0.1) is 6.92 Å². The van der Waals surface area contributed by atoms with E-state index in [0.717, 1.165) is 19.5 Å². The number of hydrogen-bond donors (Lipinski definition) is 2. The monoisotopic (exact) mass is 195 g/mol. The number of carbonyl (C=O) groups is 1. The number of aryl methyl sites for hydroxylation is 1. The van der Waals surface area contributed by atoms with Crippen LogP contribution < -0.4 is 10.6 Å². The highest BCUT2D eigenvalue weighted by Crippen LogP contribution is 2.07. The Morgan fingerprint density at radius 3 is 3.21 bits per heavy atom. The van der Waals surface area contributed by atoms with Crippen LogP contribution in [0.2, 0.25) is 0 Å². The van der Waals surface area contributed by atoms with E-state index >= 15 is 0 Å². The van der Waals surface area contributed by atoms with Gasteiger partial charge in [0, 0.05) is 12.6 Å². The number of carbonyl (C=O) groups excluding carboxylic acids is 1. The van der Waals surface area contributed by atoms with Gasteiger partial charge in [-0.25, -0.2) is 0 Å². The molecule has 1 atom stereocenters. The van der Waals surface area contributed by atoms with Crippen molar-refractivity contribution >= 4 is 5.91 Å². The Labute approximate surface area is 81.8 Å². The van der Waals surface area contributed by atoms with Crippen molar-refractivity contribution in [1.82, 2.24) is 15.8 Å². The van der Waals surface area contributed by atoms with Crippen molar-refractivity contribution in [3.63, 3.8) is 0 Å². The quantitative estimate of drug-likeness (QED) is 0.701. The molecular formula is C9H13N3O2. The van der Waals surface area contributed by atoms with E-state index < -0.39 is 0 Å². The average Bonchev–Trinajstić information content (AvgIpc) is 2.75. The van der Waals surface area contributed by atoms with E-state index in [9.17, 15) is 4.79 Å². The van der Waals surface area contributed by atoms with Gasteiger partial charge in [0.25, 0.3) is 5.91 Å². The van der Waals surface area contributed by atoms with Gasteiger partial charge < -0.3 is 15.2 Å². The Kier molecular flexibility index (Phi) is 2.49. The van der Waals surface area contributed by atoms with E-state index in [1.54, 1.807) is 6.92 Å². The van der Waals surface area contributed by atoms with Gasteiger partial charge in [-0.3, -0.25) is 4.79 Å². The SMILES string of the molecule is Cc1oncc1C(=O)N[C@H]1CCNC1. The van der Waals surface area contributed by atoms with Crippen molar-refractivity contribution in [2.75, 3.05) is 13.1 Å². The van der Waals surface area contributed by atoms with E-state index in [4.69, 9.17) is 4.52 Å². The van der Waals surface area contributed by atoms with Crippen molar-refractivity contribution in [3.8, 4) is 0 Å². The lowest BCUT2D eigenvalue weighted by atomic mass is 10.2. The second-order valence-corrected chi connectivity index (χ2v) is 3.46. The van der Waals surface area contributed by atoms with Crippen LogP contribution in [-0.4, -0.2) is 30.2 Å². The summed E-state index contributed by atoms with van der Waals surface area (Å²) in [7, 11) is 0. The summed E-state index contributed by atoms with van der Waals surface area (Å²) in [4.78, 5) is 11.6. The first-order valence-electron chi connectivity index (χ1n) is 4.70. The van der Waals surface area contributed by atoms with Gasteiger partial charge in [0.15, 0.2) is 0 Å². The van der Waals surface area contributed by atoms with Crippen LogP contribution in [0.3, 0.4) is 0 Å². The minimum Gasteiger partial charge on any atom is -0.361 e. The van der Waals surface area contributed by atoms with Gasteiger partial charge in [-0.05, 0) is 19.9 Å². The molecule has 14 heavy (non-hydrogen) atoms. The summed E-state index contributed by atoms with van der Waals surface area (Å²) in [6, 6.07) is 0.233. The first-order chi connectivity index (χ1) is 6.77. The van der Waals surface area contributed by atoms with E-state index in [2.05, 4.69) is 15.8 Å². The molecule has 2 N–H and O–H groups in total. The highest BCUT2D eigenvalue weighted by molar-refractivity contribution is 5.94. The Morgan fingerprint density at radius 1 is 1.79 bits per heavy atom. The van der Waals surface area contributed by atoms with Crippen LogP contribution in [0.1, 0.15) is 22.5 Å². The molecule has 1 fully saturated rings. The molecule has 0 spiro atoms. The maximum atomic E-state index is 11.6. The molecule has 0 saturated carbocycles. The van der Waals surface area contributed by atoms with E-state index in [-0.39, 0.29) is 11.9 Å². The van der Waals surface area contributed by atoms with Crippen LogP contribution in [-0.2, 0) is 0 Å². The predicted molar refractivity (Wildman–Crippen MR) is 50.0 cm³/mol. The van der Waals surface area contributed by atoms with Crippen LogP contribution in [0.5, 0.6) is 0 Å². The maximum absolute atomic E-state index is 11.6. The third-order valence-electron chi connectivity index (χ3n) is 2.39. The van der Waals surface area contributed by atoms with E-state index in [0.29, 0.717) is 11.3 Å². The molecule has 5 nitrogen and oxygen atoms in total. The smallest absolute Gasteiger partial charge is 0.256 e. The lowest BCUT2D eigenvalue weighted by Crippen LogP contribution is -2.36. The normalized spacial score (nSPS) is 21.1. The van der Waals surface area contributed by atoms with E-state index in [1.807, 2.05) is 0 Å². The molecule has 1 saturated heterocycles. The van der Waals surface area contributed by atoms with Crippen molar-refractivity contribution in [1.29, 1.82) is 0 Å². The molecule has 5 heteroatoms. The zero-order valence-corrected chi connectivity index (χ0v) is 8.04. The molecule has 2 heterocycles. The number of aromatic nitrogens is 1. The molecule has 1 aliphatic rings. The molecule has 0 aromatic carbocycles. The van der Waals surface area contributed by atoms with Gasteiger partial charge in [-0.1, -0.05) is 5.16 Å². The number of nitrogens with zero attached hydrogens (tertiary/aromatic N) is 1. The number of nitrogens with one attached hydrogen (secondary N) is 2. The molecule has 0 bridgehead atoms. The fourth-order valence-corrected chi connectivity index (χ4v) is 1.56. The third-order valence-corrected chi connectivity index (χ3v) is 2.39. The Morgan fingerprint density at radius 2 is 2.64 bits per heavy atom.